The van der Waals surface area contributed by atoms with Gasteiger partial charge < -0.3 is 14.5 Å². The maximum Gasteiger partial charge on any atom is 0.316 e. The largest absolute Gasteiger partial charge is 0.338 e. The summed E-state index contributed by atoms with van der Waals surface area (Å²) in [5.74, 6) is 0.00793. The number of carbonyl (C=O) groups is 1. The predicted molar refractivity (Wildman–Crippen MR) is 87.6 cm³/mol. The van der Waals surface area contributed by atoms with Crippen LogP contribution in [0.1, 0.15) is 24.8 Å². The summed E-state index contributed by atoms with van der Waals surface area (Å²) in [5, 5.41) is 4.28. The molecule has 128 valence electrons. The van der Waals surface area contributed by atoms with Crippen LogP contribution in [0, 0.1) is 6.92 Å². The predicted octanol–water partition coefficient (Wildman–Crippen LogP) is 0.123. The van der Waals surface area contributed by atoms with Crippen LogP contribution in [0.3, 0.4) is 0 Å². The van der Waals surface area contributed by atoms with Crippen LogP contribution in [0.25, 0.3) is 0 Å². The van der Waals surface area contributed by atoms with Crippen molar-refractivity contribution in [3.63, 3.8) is 0 Å². The quantitative estimate of drug-likeness (QED) is 0.788. The molecule has 1 fully saturated rings. The first-order valence-electron chi connectivity index (χ1n) is 8.11. The molecule has 1 N–H and O–H groups in total. The van der Waals surface area contributed by atoms with Gasteiger partial charge in [-0.25, -0.2) is 0 Å². The molecular formula is C16H21N5O3. The van der Waals surface area contributed by atoms with E-state index in [1.165, 1.54) is 17.0 Å². The summed E-state index contributed by atoms with van der Waals surface area (Å²) >= 11 is 0. The third-order valence-corrected chi connectivity index (χ3v) is 4.35. The van der Waals surface area contributed by atoms with Gasteiger partial charge in [0.1, 0.15) is 0 Å². The smallest absolute Gasteiger partial charge is 0.316 e. The van der Waals surface area contributed by atoms with Crippen LogP contribution < -0.4 is 11.1 Å². The third kappa shape index (κ3) is 3.47. The van der Waals surface area contributed by atoms with Gasteiger partial charge in [0.05, 0.1) is 18.8 Å². The summed E-state index contributed by atoms with van der Waals surface area (Å²) in [6.45, 7) is 3.62. The van der Waals surface area contributed by atoms with E-state index in [1.807, 2.05) is 22.7 Å². The Balaban J connectivity index is 1.62. The molecule has 0 aromatic carbocycles. The maximum atomic E-state index is 12.5. The van der Waals surface area contributed by atoms with Gasteiger partial charge in [0, 0.05) is 38.1 Å². The van der Waals surface area contributed by atoms with E-state index in [4.69, 9.17) is 0 Å². The molecular weight excluding hydrogens is 310 g/mol. The van der Waals surface area contributed by atoms with Gasteiger partial charge in [0.15, 0.2) is 0 Å². The van der Waals surface area contributed by atoms with Crippen LogP contribution >= 0.6 is 0 Å². The Hall–Kier alpha value is -2.64. The van der Waals surface area contributed by atoms with Crippen molar-refractivity contribution in [2.75, 3.05) is 6.54 Å². The minimum atomic E-state index is -0.668. The summed E-state index contributed by atoms with van der Waals surface area (Å²) in [6, 6.07) is 0.132. The summed E-state index contributed by atoms with van der Waals surface area (Å²) in [5.41, 5.74) is -0.201. The van der Waals surface area contributed by atoms with Gasteiger partial charge in [-0.3, -0.25) is 19.1 Å². The lowest BCUT2D eigenvalue weighted by Crippen LogP contribution is -2.40. The summed E-state index contributed by atoms with van der Waals surface area (Å²) in [7, 11) is 0. The van der Waals surface area contributed by atoms with Crippen molar-refractivity contribution in [2.45, 2.75) is 45.3 Å². The summed E-state index contributed by atoms with van der Waals surface area (Å²) < 4.78 is 3.14. The van der Waals surface area contributed by atoms with E-state index in [0.717, 1.165) is 24.9 Å². The fraction of sp³-hybridized carbons (Fsp3) is 0.500. The molecule has 0 radical (unpaired) electrons. The topological polar surface area (TPSA) is 93.0 Å². The van der Waals surface area contributed by atoms with Gasteiger partial charge in [-0.05, 0) is 25.3 Å². The number of hydrogen-bond donors (Lipinski definition) is 1. The van der Waals surface area contributed by atoms with Gasteiger partial charge in [0.25, 0.3) is 0 Å². The minimum Gasteiger partial charge on any atom is -0.338 e. The van der Waals surface area contributed by atoms with Crippen LogP contribution in [0.4, 0.5) is 0 Å². The minimum absolute atomic E-state index is 0.00793. The lowest BCUT2D eigenvalue weighted by atomic mass is 10.2. The molecule has 2 aromatic heterocycles. The zero-order valence-electron chi connectivity index (χ0n) is 13.6. The number of carbonyl (C=O) groups excluding carboxylic acids is 1. The summed E-state index contributed by atoms with van der Waals surface area (Å²) in [6.07, 6.45) is 8.81. The van der Waals surface area contributed by atoms with E-state index in [-0.39, 0.29) is 24.9 Å². The maximum absolute atomic E-state index is 12.5. The van der Waals surface area contributed by atoms with E-state index in [1.54, 1.807) is 6.20 Å². The Morgan fingerprint density at radius 1 is 1.42 bits per heavy atom. The molecule has 0 aliphatic carbocycles. The van der Waals surface area contributed by atoms with Crippen LogP contribution in [-0.4, -0.2) is 42.7 Å². The molecule has 0 spiro atoms. The summed E-state index contributed by atoms with van der Waals surface area (Å²) in [4.78, 5) is 39.7. The van der Waals surface area contributed by atoms with Gasteiger partial charge in [-0.2, -0.15) is 5.10 Å². The molecule has 0 bridgehead atoms. The lowest BCUT2D eigenvalue weighted by Gasteiger charge is -2.25. The van der Waals surface area contributed by atoms with Gasteiger partial charge in [-0.1, -0.05) is 0 Å². The number of hydrogen-bond acceptors (Lipinski definition) is 4. The number of H-pyrrole nitrogens is 1. The second-order valence-corrected chi connectivity index (χ2v) is 6.16. The highest BCUT2D eigenvalue weighted by Gasteiger charge is 2.28. The van der Waals surface area contributed by atoms with Crippen molar-refractivity contribution in [1.29, 1.82) is 0 Å². The van der Waals surface area contributed by atoms with E-state index in [0.29, 0.717) is 6.54 Å². The molecule has 2 aromatic rings. The fourth-order valence-electron chi connectivity index (χ4n) is 3.14. The van der Waals surface area contributed by atoms with Crippen LogP contribution in [0.5, 0.6) is 0 Å². The second kappa shape index (κ2) is 6.86. The number of amides is 1. The van der Waals surface area contributed by atoms with Crippen molar-refractivity contribution >= 4 is 5.91 Å². The molecule has 1 saturated heterocycles. The van der Waals surface area contributed by atoms with Crippen LogP contribution in [0.2, 0.25) is 0 Å². The molecule has 3 heterocycles. The van der Waals surface area contributed by atoms with E-state index in [9.17, 15) is 14.4 Å². The molecule has 1 aliphatic heterocycles. The first kappa shape index (κ1) is 16.2. The molecule has 8 nitrogen and oxygen atoms in total. The molecule has 0 saturated carbocycles. The Kier molecular flexibility index (Phi) is 4.64. The van der Waals surface area contributed by atoms with E-state index >= 15 is 0 Å². The standard InChI is InChI=1S/C16H21N5O3/c1-12-9-18-20(10-12)11-13-3-2-6-21(13)14(22)4-7-19-8-5-17-15(23)16(19)24/h5,8-10,13H,2-4,6-7,11H2,1H3,(H,17,23)/t13-/m1/s1. The van der Waals surface area contributed by atoms with E-state index < -0.39 is 11.1 Å². The molecule has 0 unspecified atom stereocenters. The molecule has 24 heavy (non-hydrogen) atoms. The lowest BCUT2D eigenvalue weighted by molar-refractivity contribution is -0.132. The second-order valence-electron chi connectivity index (χ2n) is 6.16. The first-order chi connectivity index (χ1) is 11.5. The zero-order chi connectivity index (χ0) is 17.1. The molecule has 1 atom stereocenters. The van der Waals surface area contributed by atoms with Crippen molar-refractivity contribution < 1.29 is 4.79 Å². The van der Waals surface area contributed by atoms with Crippen molar-refractivity contribution in [2.24, 2.45) is 0 Å². The number of nitrogens with one attached hydrogen (secondary N) is 1. The highest BCUT2D eigenvalue weighted by molar-refractivity contribution is 5.76. The van der Waals surface area contributed by atoms with Crippen molar-refractivity contribution in [1.82, 2.24) is 24.2 Å². The third-order valence-electron chi connectivity index (χ3n) is 4.35. The highest BCUT2D eigenvalue weighted by Crippen LogP contribution is 2.20. The number of rotatable bonds is 5. The monoisotopic (exact) mass is 331 g/mol. The van der Waals surface area contributed by atoms with E-state index in [2.05, 4.69) is 10.1 Å². The first-order valence-corrected chi connectivity index (χ1v) is 8.11. The van der Waals surface area contributed by atoms with Crippen LogP contribution in [0.15, 0.2) is 34.4 Å². The Morgan fingerprint density at radius 2 is 2.25 bits per heavy atom. The number of nitrogens with zero attached hydrogens (tertiary/aromatic N) is 4. The molecule has 8 heteroatoms. The van der Waals surface area contributed by atoms with Gasteiger partial charge >= 0.3 is 11.1 Å². The number of likely N-dealkylation sites (tertiary alicyclic amines) is 1. The molecule has 1 aliphatic rings. The normalized spacial score (nSPS) is 17.4. The highest BCUT2D eigenvalue weighted by atomic mass is 16.2. The van der Waals surface area contributed by atoms with Crippen molar-refractivity contribution in [3.8, 4) is 0 Å². The molecule has 3 rings (SSSR count). The van der Waals surface area contributed by atoms with Gasteiger partial charge in [-0.15, -0.1) is 0 Å². The average Bonchev–Trinajstić information content (AvgIpc) is 3.18. The SMILES string of the molecule is Cc1cnn(C[C@H]2CCCN2C(=O)CCn2cc[nH]c(=O)c2=O)c1. The van der Waals surface area contributed by atoms with Crippen LogP contribution in [-0.2, 0) is 17.9 Å². The molecule has 1 amide bonds. The number of aromatic amines is 1. The zero-order valence-corrected chi connectivity index (χ0v) is 13.6. The fourth-order valence-corrected chi connectivity index (χ4v) is 3.14. The Bertz CT molecular complexity index is 834. The van der Waals surface area contributed by atoms with Gasteiger partial charge in [0.2, 0.25) is 5.91 Å². The Labute approximate surface area is 138 Å². The average molecular weight is 331 g/mol. The Morgan fingerprint density at radius 3 is 3.00 bits per heavy atom. The van der Waals surface area contributed by atoms with Crippen molar-refractivity contribution in [3.05, 3.63) is 51.1 Å². The number of aromatic nitrogens is 4. The number of aryl methyl sites for hydroxylation is 2.